The molecule has 4 nitrogen and oxygen atoms in total. The van der Waals surface area contributed by atoms with Gasteiger partial charge in [0.15, 0.2) is 0 Å². The number of imidazole rings is 1. The van der Waals surface area contributed by atoms with Gasteiger partial charge in [0.2, 0.25) is 0 Å². The van der Waals surface area contributed by atoms with E-state index < -0.39 is 0 Å². The smallest absolute Gasteiger partial charge is 0.251 e. The molecule has 0 bridgehead atoms. The topological polar surface area (TPSA) is 57.8 Å². The van der Waals surface area contributed by atoms with Crippen LogP contribution in [-0.2, 0) is 6.42 Å². The number of aryl methyl sites for hydroxylation is 2. The van der Waals surface area contributed by atoms with Crippen LogP contribution in [0.2, 0.25) is 0 Å². The zero-order valence-corrected chi connectivity index (χ0v) is 16.8. The van der Waals surface area contributed by atoms with Gasteiger partial charge < -0.3 is 10.3 Å². The minimum absolute atomic E-state index is 0.0441. The Bertz CT molecular complexity index is 1110. The first-order valence-corrected chi connectivity index (χ1v) is 10.00. The third kappa shape index (κ3) is 4.54. The number of hydrogen-bond acceptors (Lipinski definition) is 2. The lowest BCUT2D eigenvalue weighted by Gasteiger charge is -2.14. The second-order valence-electron chi connectivity index (χ2n) is 7.58. The summed E-state index contributed by atoms with van der Waals surface area (Å²) in [4.78, 5) is 20.6. The summed E-state index contributed by atoms with van der Waals surface area (Å²) in [6.07, 6.45) is 1.86. The second-order valence-corrected chi connectivity index (χ2v) is 7.58. The Morgan fingerprint density at radius 1 is 1.03 bits per heavy atom. The SMILES string of the molecule is Cc1ccc2nc(-c3ccc(C(=O)NC(C)CCc4ccccc4)cc3)[nH]c2c1. The Kier molecular flexibility index (Phi) is 5.43. The van der Waals surface area contributed by atoms with E-state index in [0.717, 1.165) is 35.3 Å². The van der Waals surface area contributed by atoms with Crippen LogP contribution >= 0.6 is 0 Å². The largest absolute Gasteiger partial charge is 0.350 e. The number of amides is 1. The molecule has 4 heteroatoms. The van der Waals surface area contributed by atoms with Crippen LogP contribution in [0.15, 0.2) is 72.8 Å². The summed E-state index contributed by atoms with van der Waals surface area (Å²) in [5, 5.41) is 3.09. The molecule has 0 spiro atoms. The highest BCUT2D eigenvalue weighted by molar-refractivity contribution is 5.94. The number of hydrogen-bond donors (Lipinski definition) is 2. The van der Waals surface area contributed by atoms with Gasteiger partial charge in [0.1, 0.15) is 5.82 Å². The molecule has 0 saturated heterocycles. The Morgan fingerprint density at radius 2 is 1.79 bits per heavy atom. The van der Waals surface area contributed by atoms with E-state index in [-0.39, 0.29) is 11.9 Å². The number of nitrogens with one attached hydrogen (secondary N) is 2. The number of rotatable bonds is 6. The van der Waals surface area contributed by atoms with Crippen LogP contribution in [-0.4, -0.2) is 21.9 Å². The van der Waals surface area contributed by atoms with E-state index in [1.165, 1.54) is 11.1 Å². The molecule has 4 rings (SSSR count). The van der Waals surface area contributed by atoms with Crippen molar-refractivity contribution in [3.8, 4) is 11.4 Å². The monoisotopic (exact) mass is 383 g/mol. The first kappa shape index (κ1) is 18.9. The van der Waals surface area contributed by atoms with Crippen molar-refractivity contribution in [1.29, 1.82) is 0 Å². The number of carbonyl (C=O) groups is 1. The summed E-state index contributed by atoms with van der Waals surface area (Å²) < 4.78 is 0. The van der Waals surface area contributed by atoms with Gasteiger partial charge in [-0.15, -0.1) is 0 Å². The molecule has 4 aromatic rings. The maximum atomic E-state index is 12.6. The number of nitrogens with zero attached hydrogens (tertiary/aromatic N) is 1. The van der Waals surface area contributed by atoms with Gasteiger partial charge in [-0.3, -0.25) is 4.79 Å². The highest BCUT2D eigenvalue weighted by Gasteiger charge is 2.11. The molecular weight excluding hydrogens is 358 g/mol. The summed E-state index contributed by atoms with van der Waals surface area (Å²) in [7, 11) is 0. The minimum atomic E-state index is -0.0441. The van der Waals surface area contributed by atoms with Crippen molar-refractivity contribution in [3.05, 3.63) is 89.5 Å². The third-order valence-corrected chi connectivity index (χ3v) is 5.14. The van der Waals surface area contributed by atoms with Gasteiger partial charge in [0.05, 0.1) is 11.0 Å². The van der Waals surface area contributed by atoms with Crippen molar-refractivity contribution < 1.29 is 4.79 Å². The van der Waals surface area contributed by atoms with Crippen molar-refractivity contribution in [3.63, 3.8) is 0 Å². The predicted octanol–water partition coefficient (Wildman–Crippen LogP) is 5.29. The number of aromatic amines is 1. The zero-order valence-electron chi connectivity index (χ0n) is 16.8. The normalized spacial score (nSPS) is 12.1. The van der Waals surface area contributed by atoms with Crippen molar-refractivity contribution in [2.45, 2.75) is 32.7 Å². The average molecular weight is 383 g/mol. The maximum absolute atomic E-state index is 12.6. The van der Waals surface area contributed by atoms with E-state index >= 15 is 0 Å². The van der Waals surface area contributed by atoms with E-state index in [0.29, 0.717) is 5.56 Å². The van der Waals surface area contributed by atoms with Crippen LogP contribution in [0.5, 0.6) is 0 Å². The molecule has 0 aliphatic carbocycles. The molecule has 146 valence electrons. The Balaban J connectivity index is 1.39. The quantitative estimate of drug-likeness (QED) is 0.475. The fourth-order valence-electron chi connectivity index (χ4n) is 3.45. The van der Waals surface area contributed by atoms with E-state index in [9.17, 15) is 4.79 Å². The summed E-state index contributed by atoms with van der Waals surface area (Å²) in [6.45, 7) is 4.11. The van der Waals surface area contributed by atoms with Gasteiger partial charge in [-0.05, 0) is 62.1 Å². The molecule has 1 aromatic heterocycles. The summed E-state index contributed by atoms with van der Waals surface area (Å²) in [5.74, 6) is 0.770. The lowest BCUT2D eigenvalue weighted by atomic mass is 10.1. The minimum Gasteiger partial charge on any atom is -0.350 e. The summed E-state index contributed by atoms with van der Waals surface area (Å²) in [5.41, 5.74) is 6.08. The fraction of sp³-hybridized carbons (Fsp3) is 0.200. The van der Waals surface area contributed by atoms with Crippen molar-refractivity contribution >= 4 is 16.9 Å². The number of H-pyrrole nitrogens is 1. The molecule has 0 aliphatic rings. The molecule has 1 atom stereocenters. The summed E-state index contributed by atoms with van der Waals surface area (Å²) in [6, 6.07) is 24.2. The molecule has 0 radical (unpaired) electrons. The first-order chi connectivity index (χ1) is 14.1. The molecule has 0 aliphatic heterocycles. The molecular formula is C25H25N3O. The van der Waals surface area contributed by atoms with E-state index in [1.54, 1.807) is 0 Å². The first-order valence-electron chi connectivity index (χ1n) is 10.00. The molecule has 29 heavy (non-hydrogen) atoms. The van der Waals surface area contributed by atoms with Crippen LogP contribution in [0.25, 0.3) is 22.4 Å². The molecule has 0 fully saturated rings. The number of aromatic nitrogens is 2. The lowest BCUT2D eigenvalue weighted by molar-refractivity contribution is 0.0938. The van der Waals surface area contributed by atoms with E-state index in [2.05, 4.69) is 46.5 Å². The van der Waals surface area contributed by atoms with E-state index in [1.807, 2.05) is 55.5 Å². The van der Waals surface area contributed by atoms with Crippen LogP contribution in [0.4, 0.5) is 0 Å². The predicted molar refractivity (Wildman–Crippen MR) is 118 cm³/mol. The highest BCUT2D eigenvalue weighted by atomic mass is 16.1. The maximum Gasteiger partial charge on any atom is 0.251 e. The molecule has 1 heterocycles. The number of fused-ring (bicyclic) bond motifs is 1. The van der Waals surface area contributed by atoms with Gasteiger partial charge in [0, 0.05) is 17.2 Å². The van der Waals surface area contributed by atoms with E-state index in [4.69, 9.17) is 0 Å². The third-order valence-electron chi connectivity index (χ3n) is 5.14. The van der Waals surface area contributed by atoms with Crippen LogP contribution in [0.3, 0.4) is 0 Å². The average Bonchev–Trinajstić information content (AvgIpc) is 3.16. The zero-order chi connectivity index (χ0) is 20.2. The van der Waals surface area contributed by atoms with Gasteiger partial charge in [-0.1, -0.05) is 48.5 Å². The van der Waals surface area contributed by atoms with Gasteiger partial charge >= 0.3 is 0 Å². The number of carbonyl (C=O) groups excluding carboxylic acids is 1. The van der Waals surface area contributed by atoms with Gasteiger partial charge in [-0.25, -0.2) is 4.98 Å². The fourth-order valence-corrected chi connectivity index (χ4v) is 3.45. The van der Waals surface area contributed by atoms with Crippen LogP contribution in [0.1, 0.15) is 34.8 Å². The Hall–Kier alpha value is -3.40. The molecule has 2 N–H and O–H groups in total. The van der Waals surface area contributed by atoms with Crippen LogP contribution < -0.4 is 5.32 Å². The Labute approximate surface area is 171 Å². The van der Waals surface area contributed by atoms with Crippen LogP contribution in [0, 0.1) is 6.92 Å². The molecule has 1 amide bonds. The standard InChI is InChI=1S/C25H25N3O/c1-17-8-15-22-23(16-17)28-24(27-22)20-11-13-21(14-12-20)25(29)26-18(2)9-10-19-6-4-3-5-7-19/h3-8,11-16,18H,9-10H2,1-2H3,(H,26,29)(H,27,28). The van der Waals surface area contributed by atoms with Gasteiger partial charge in [-0.2, -0.15) is 0 Å². The van der Waals surface area contributed by atoms with Crippen molar-refractivity contribution in [2.24, 2.45) is 0 Å². The van der Waals surface area contributed by atoms with Gasteiger partial charge in [0.25, 0.3) is 5.91 Å². The number of benzene rings is 3. The molecule has 0 saturated carbocycles. The Morgan fingerprint density at radius 3 is 2.55 bits per heavy atom. The molecule has 1 unspecified atom stereocenters. The van der Waals surface area contributed by atoms with Crippen molar-refractivity contribution in [1.82, 2.24) is 15.3 Å². The highest BCUT2D eigenvalue weighted by Crippen LogP contribution is 2.21. The lowest BCUT2D eigenvalue weighted by Crippen LogP contribution is -2.32. The summed E-state index contributed by atoms with van der Waals surface area (Å²) >= 11 is 0. The molecule has 3 aromatic carbocycles. The van der Waals surface area contributed by atoms with Crippen molar-refractivity contribution in [2.75, 3.05) is 0 Å². The second kappa shape index (κ2) is 8.31.